The fourth-order valence-corrected chi connectivity index (χ4v) is 2.69. The van der Waals surface area contributed by atoms with Gasteiger partial charge in [0.1, 0.15) is 0 Å². The van der Waals surface area contributed by atoms with Crippen LogP contribution in [-0.4, -0.2) is 43.0 Å². The first-order chi connectivity index (χ1) is 12.0. The van der Waals surface area contributed by atoms with E-state index < -0.39 is 0 Å². The third-order valence-corrected chi connectivity index (χ3v) is 4.02. The predicted octanol–water partition coefficient (Wildman–Crippen LogP) is 3.31. The second kappa shape index (κ2) is 9.18. The lowest BCUT2D eigenvalue weighted by Crippen LogP contribution is -2.38. The van der Waals surface area contributed by atoms with E-state index in [4.69, 9.17) is 4.74 Å². The lowest BCUT2D eigenvalue weighted by Gasteiger charge is -2.24. The molecule has 2 aromatic rings. The average molecular weight is 344 g/mol. The van der Waals surface area contributed by atoms with Crippen molar-refractivity contribution >= 4 is 5.91 Å². The van der Waals surface area contributed by atoms with Crippen LogP contribution in [0, 0.1) is 5.82 Å². The van der Waals surface area contributed by atoms with Crippen molar-refractivity contribution in [3.63, 3.8) is 0 Å². The Morgan fingerprint density at radius 2 is 1.80 bits per heavy atom. The van der Waals surface area contributed by atoms with E-state index in [2.05, 4.69) is 0 Å². The molecule has 0 atom stereocenters. The molecular weight excluding hydrogens is 319 g/mol. The molecule has 0 spiro atoms. The van der Waals surface area contributed by atoms with Gasteiger partial charge in [-0.15, -0.1) is 0 Å². The van der Waals surface area contributed by atoms with Crippen molar-refractivity contribution in [1.82, 2.24) is 9.80 Å². The fourth-order valence-electron chi connectivity index (χ4n) is 2.69. The molecule has 1 amide bonds. The molecule has 2 rings (SSSR count). The summed E-state index contributed by atoms with van der Waals surface area (Å²) in [7, 11) is 3.30. The fraction of sp³-hybridized carbons (Fsp3) is 0.350. The lowest BCUT2D eigenvalue weighted by molar-refractivity contribution is -0.132. The molecule has 0 aliphatic carbocycles. The SMILES string of the molecule is CCN(Cc1ccccc1)C(=O)CN(C)Cc1ccc(OC)c(F)c1. The molecule has 0 bridgehead atoms. The summed E-state index contributed by atoms with van der Waals surface area (Å²) in [6.07, 6.45) is 0. The van der Waals surface area contributed by atoms with Crippen LogP contribution < -0.4 is 4.74 Å². The number of nitrogens with zero attached hydrogens (tertiary/aromatic N) is 2. The minimum atomic E-state index is -0.390. The molecule has 5 heteroatoms. The topological polar surface area (TPSA) is 32.8 Å². The van der Waals surface area contributed by atoms with E-state index >= 15 is 0 Å². The van der Waals surface area contributed by atoms with Gasteiger partial charge in [0.05, 0.1) is 13.7 Å². The first-order valence-corrected chi connectivity index (χ1v) is 8.36. The maximum Gasteiger partial charge on any atom is 0.237 e. The molecule has 25 heavy (non-hydrogen) atoms. The number of hydrogen-bond donors (Lipinski definition) is 0. The van der Waals surface area contributed by atoms with Gasteiger partial charge in [-0.05, 0) is 37.2 Å². The van der Waals surface area contributed by atoms with Crippen LogP contribution in [0.5, 0.6) is 5.75 Å². The Kier molecular flexibility index (Phi) is 6.95. The van der Waals surface area contributed by atoms with Crippen molar-refractivity contribution in [2.45, 2.75) is 20.0 Å². The highest BCUT2D eigenvalue weighted by Gasteiger charge is 2.15. The molecule has 0 heterocycles. The molecule has 0 saturated carbocycles. The van der Waals surface area contributed by atoms with Gasteiger partial charge < -0.3 is 9.64 Å². The number of ether oxygens (including phenoxy) is 1. The molecule has 134 valence electrons. The van der Waals surface area contributed by atoms with Crippen LogP contribution in [0.25, 0.3) is 0 Å². The van der Waals surface area contributed by atoms with Crippen molar-refractivity contribution in [2.24, 2.45) is 0 Å². The first kappa shape index (κ1) is 18.9. The summed E-state index contributed by atoms with van der Waals surface area (Å²) in [6, 6.07) is 14.8. The summed E-state index contributed by atoms with van der Waals surface area (Å²) in [6.45, 7) is 4.00. The van der Waals surface area contributed by atoms with E-state index in [1.807, 2.05) is 60.2 Å². The minimum Gasteiger partial charge on any atom is -0.494 e. The Morgan fingerprint density at radius 1 is 1.08 bits per heavy atom. The molecular formula is C20H25FN2O2. The number of methoxy groups -OCH3 is 1. The summed E-state index contributed by atoms with van der Waals surface area (Å²) >= 11 is 0. The minimum absolute atomic E-state index is 0.0582. The number of carbonyl (C=O) groups is 1. The van der Waals surface area contributed by atoms with Crippen LogP contribution in [0.3, 0.4) is 0 Å². The zero-order valence-electron chi connectivity index (χ0n) is 15.0. The largest absolute Gasteiger partial charge is 0.494 e. The number of amides is 1. The number of benzene rings is 2. The summed E-state index contributed by atoms with van der Waals surface area (Å²) in [5.41, 5.74) is 1.91. The zero-order valence-corrected chi connectivity index (χ0v) is 15.0. The molecule has 0 N–H and O–H groups in total. The highest BCUT2D eigenvalue weighted by atomic mass is 19.1. The van der Waals surface area contributed by atoms with Crippen LogP contribution in [-0.2, 0) is 17.9 Å². The van der Waals surface area contributed by atoms with Crippen molar-refractivity contribution in [3.8, 4) is 5.75 Å². The highest BCUT2D eigenvalue weighted by Crippen LogP contribution is 2.18. The van der Waals surface area contributed by atoms with Gasteiger partial charge in [0, 0.05) is 19.6 Å². The number of halogens is 1. The molecule has 0 saturated heterocycles. The molecule has 0 radical (unpaired) electrons. The smallest absolute Gasteiger partial charge is 0.237 e. The summed E-state index contributed by atoms with van der Waals surface area (Å²) in [5, 5.41) is 0. The third-order valence-electron chi connectivity index (χ3n) is 4.02. The quantitative estimate of drug-likeness (QED) is 0.736. The van der Waals surface area contributed by atoms with Crippen LogP contribution in [0.4, 0.5) is 4.39 Å². The van der Waals surface area contributed by atoms with E-state index in [0.29, 0.717) is 19.6 Å². The lowest BCUT2D eigenvalue weighted by atomic mass is 10.2. The van der Waals surface area contributed by atoms with Gasteiger partial charge in [0.25, 0.3) is 0 Å². The molecule has 0 aromatic heterocycles. The summed E-state index contributed by atoms with van der Waals surface area (Å²) < 4.78 is 18.7. The Bertz CT molecular complexity index is 691. The van der Waals surface area contributed by atoms with E-state index in [1.165, 1.54) is 13.2 Å². The normalized spacial score (nSPS) is 10.8. The van der Waals surface area contributed by atoms with E-state index in [9.17, 15) is 9.18 Å². The maximum atomic E-state index is 13.8. The molecule has 4 nitrogen and oxygen atoms in total. The van der Waals surface area contributed by atoms with E-state index in [-0.39, 0.29) is 24.0 Å². The van der Waals surface area contributed by atoms with Crippen molar-refractivity contribution in [2.75, 3.05) is 27.2 Å². The Labute approximate surface area is 148 Å². The molecule has 0 fully saturated rings. The zero-order chi connectivity index (χ0) is 18.2. The van der Waals surface area contributed by atoms with Gasteiger partial charge in [-0.2, -0.15) is 0 Å². The van der Waals surface area contributed by atoms with Gasteiger partial charge in [0.15, 0.2) is 11.6 Å². The van der Waals surface area contributed by atoms with Crippen molar-refractivity contribution in [3.05, 3.63) is 65.5 Å². The Morgan fingerprint density at radius 3 is 2.40 bits per heavy atom. The maximum absolute atomic E-state index is 13.8. The van der Waals surface area contributed by atoms with E-state index in [0.717, 1.165) is 11.1 Å². The van der Waals surface area contributed by atoms with Gasteiger partial charge >= 0.3 is 0 Å². The van der Waals surface area contributed by atoms with Crippen molar-refractivity contribution in [1.29, 1.82) is 0 Å². The highest BCUT2D eigenvalue weighted by molar-refractivity contribution is 5.78. The second-order valence-electron chi connectivity index (χ2n) is 6.03. The van der Waals surface area contributed by atoms with Gasteiger partial charge in [-0.1, -0.05) is 36.4 Å². The third kappa shape index (κ3) is 5.57. The monoisotopic (exact) mass is 344 g/mol. The first-order valence-electron chi connectivity index (χ1n) is 8.36. The molecule has 0 aliphatic heterocycles. The molecule has 2 aromatic carbocycles. The van der Waals surface area contributed by atoms with Gasteiger partial charge in [-0.3, -0.25) is 9.69 Å². The van der Waals surface area contributed by atoms with Gasteiger partial charge in [0.2, 0.25) is 5.91 Å². The van der Waals surface area contributed by atoms with E-state index in [1.54, 1.807) is 6.07 Å². The van der Waals surface area contributed by atoms with Crippen LogP contribution in [0.15, 0.2) is 48.5 Å². The van der Waals surface area contributed by atoms with Crippen LogP contribution in [0.2, 0.25) is 0 Å². The van der Waals surface area contributed by atoms with Crippen LogP contribution in [0.1, 0.15) is 18.1 Å². The number of likely N-dealkylation sites (N-methyl/N-ethyl adjacent to an activating group) is 2. The molecule has 0 aliphatic rings. The number of rotatable bonds is 8. The van der Waals surface area contributed by atoms with Crippen LogP contribution >= 0.6 is 0 Å². The summed E-state index contributed by atoms with van der Waals surface area (Å²) in [5.74, 6) is -0.107. The molecule has 0 unspecified atom stereocenters. The van der Waals surface area contributed by atoms with Crippen molar-refractivity contribution < 1.29 is 13.9 Å². The number of carbonyl (C=O) groups excluding carboxylic acids is 1. The Hall–Kier alpha value is -2.40. The average Bonchev–Trinajstić information content (AvgIpc) is 2.60. The Balaban J connectivity index is 1.92. The standard InChI is InChI=1S/C20H25FN2O2/c1-4-23(14-16-8-6-5-7-9-16)20(24)15-22(2)13-17-10-11-19(25-3)18(21)12-17/h5-12H,4,13-15H2,1-3H3. The summed E-state index contributed by atoms with van der Waals surface area (Å²) in [4.78, 5) is 16.2. The second-order valence-corrected chi connectivity index (χ2v) is 6.03. The number of hydrogen-bond acceptors (Lipinski definition) is 3. The predicted molar refractivity (Wildman–Crippen MR) is 96.8 cm³/mol. The van der Waals surface area contributed by atoms with Gasteiger partial charge in [-0.25, -0.2) is 4.39 Å².